The molecule has 1 rings (SSSR count). The number of rotatable bonds is 3. The molecule has 0 aliphatic heterocycles. The van der Waals surface area contributed by atoms with Crippen LogP contribution in [0.25, 0.3) is 0 Å². The van der Waals surface area contributed by atoms with E-state index in [-0.39, 0.29) is 0 Å². The Labute approximate surface area is 79.4 Å². The average molecular weight is 206 g/mol. The molecular weight excluding hydrogens is 196 g/mol. The standard InChI is InChI=1S/C6H10N2S3/c1-3-4(2)10-6-8-7-5(9)11-6/h4H,3H2,1-2H3,(H,7,9)/t4-/m1/s1. The Hall–Kier alpha value is 0.130. The molecule has 0 aliphatic carbocycles. The summed E-state index contributed by atoms with van der Waals surface area (Å²) in [6, 6.07) is 0. The van der Waals surface area contributed by atoms with Gasteiger partial charge < -0.3 is 0 Å². The Morgan fingerprint density at radius 1 is 1.82 bits per heavy atom. The second-order valence-corrected chi connectivity index (χ2v) is 5.57. The van der Waals surface area contributed by atoms with Crippen LogP contribution in [0.4, 0.5) is 0 Å². The lowest BCUT2D eigenvalue weighted by atomic mass is 10.4. The quantitative estimate of drug-likeness (QED) is 0.608. The molecule has 0 unspecified atom stereocenters. The van der Waals surface area contributed by atoms with Gasteiger partial charge in [-0.2, -0.15) is 5.10 Å². The molecule has 62 valence electrons. The Kier molecular flexibility index (Phi) is 3.54. The van der Waals surface area contributed by atoms with Gasteiger partial charge in [0.2, 0.25) is 0 Å². The van der Waals surface area contributed by atoms with Crippen molar-refractivity contribution in [1.82, 2.24) is 10.2 Å². The van der Waals surface area contributed by atoms with Gasteiger partial charge in [-0.1, -0.05) is 36.9 Å². The number of aromatic amines is 1. The molecule has 5 heteroatoms. The predicted octanol–water partition coefficient (Wildman–Crippen LogP) is 3.09. The van der Waals surface area contributed by atoms with Crippen molar-refractivity contribution in [3.63, 3.8) is 0 Å². The van der Waals surface area contributed by atoms with Gasteiger partial charge >= 0.3 is 0 Å². The monoisotopic (exact) mass is 206 g/mol. The third kappa shape index (κ3) is 2.92. The smallest absolute Gasteiger partial charge is 0.177 e. The highest BCUT2D eigenvalue weighted by atomic mass is 32.2. The molecule has 0 aromatic carbocycles. The van der Waals surface area contributed by atoms with Crippen molar-refractivity contribution in [2.24, 2.45) is 0 Å². The molecule has 0 bridgehead atoms. The first-order valence-electron chi connectivity index (χ1n) is 3.44. The van der Waals surface area contributed by atoms with Crippen LogP contribution in [0.2, 0.25) is 0 Å². The van der Waals surface area contributed by atoms with Crippen molar-refractivity contribution in [2.75, 3.05) is 0 Å². The Bertz CT molecular complexity index is 265. The van der Waals surface area contributed by atoms with E-state index < -0.39 is 0 Å². The zero-order valence-corrected chi connectivity index (χ0v) is 8.91. The zero-order chi connectivity index (χ0) is 8.27. The summed E-state index contributed by atoms with van der Waals surface area (Å²) >= 11 is 8.23. The van der Waals surface area contributed by atoms with Gasteiger partial charge in [0.25, 0.3) is 0 Å². The summed E-state index contributed by atoms with van der Waals surface area (Å²) in [4.78, 5) is 0. The van der Waals surface area contributed by atoms with E-state index in [1.54, 1.807) is 23.1 Å². The highest BCUT2D eigenvalue weighted by Gasteiger charge is 2.03. The molecule has 0 saturated heterocycles. The van der Waals surface area contributed by atoms with Crippen molar-refractivity contribution < 1.29 is 0 Å². The minimum absolute atomic E-state index is 0.629. The van der Waals surface area contributed by atoms with Gasteiger partial charge in [-0.05, 0) is 18.6 Å². The van der Waals surface area contributed by atoms with Gasteiger partial charge in [-0.15, -0.1) is 0 Å². The van der Waals surface area contributed by atoms with Crippen molar-refractivity contribution in [1.29, 1.82) is 0 Å². The minimum Gasteiger partial charge on any atom is -0.257 e. The molecule has 0 saturated carbocycles. The van der Waals surface area contributed by atoms with Crippen LogP contribution >= 0.6 is 35.3 Å². The largest absolute Gasteiger partial charge is 0.257 e. The molecule has 11 heavy (non-hydrogen) atoms. The van der Waals surface area contributed by atoms with E-state index in [9.17, 15) is 0 Å². The topological polar surface area (TPSA) is 28.7 Å². The molecule has 0 spiro atoms. The third-order valence-corrected chi connectivity index (χ3v) is 3.75. The fraction of sp³-hybridized carbons (Fsp3) is 0.667. The van der Waals surface area contributed by atoms with E-state index in [0.717, 1.165) is 14.7 Å². The molecule has 0 aliphatic rings. The maximum atomic E-state index is 4.91. The van der Waals surface area contributed by atoms with Gasteiger partial charge in [-0.25, -0.2) is 0 Å². The number of hydrogen-bond acceptors (Lipinski definition) is 4. The Morgan fingerprint density at radius 2 is 2.55 bits per heavy atom. The van der Waals surface area contributed by atoms with Crippen LogP contribution < -0.4 is 0 Å². The lowest BCUT2D eigenvalue weighted by Crippen LogP contribution is -1.90. The Morgan fingerprint density at radius 3 is 3.00 bits per heavy atom. The zero-order valence-electron chi connectivity index (χ0n) is 6.46. The first-order chi connectivity index (χ1) is 5.22. The first kappa shape index (κ1) is 9.22. The summed E-state index contributed by atoms with van der Waals surface area (Å²) in [5.74, 6) is 0. The summed E-state index contributed by atoms with van der Waals surface area (Å²) in [7, 11) is 0. The lowest BCUT2D eigenvalue weighted by Gasteiger charge is -2.02. The van der Waals surface area contributed by atoms with Crippen molar-refractivity contribution >= 4 is 35.3 Å². The number of nitrogens with one attached hydrogen (secondary N) is 1. The van der Waals surface area contributed by atoms with Gasteiger partial charge in [0.1, 0.15) is 0 Å². The molecule has 1 aromatic heterocycles. The van der Waals surface area contributed by atoms with Crippen LogP contribution in [0, 0.1) is 3.95 Å². The van der Waals surface area contributed by atoms with Crippen LogP contribution in [0.15, 0.2) is 4.34 Å². The Balaban J connectivity index is 2.57. The highest BCUT2D eigenvalue weighted by molar-refractivity contribution is 8.01. The SMILES string of the molecule is CC[C@@H](C)Sc1n[nH]c(=S)s1. The number of thioether (sulfide) groups is 1. The summed E-state index contributed by atoms with van der Waals surface area (Å²) in [6.45, 7) is 4.36. The summed E-state index contributed by atoms with van der Waals surface area (Å²) in [6.07, 6.45) is 1.16. The van der Waals surface area contributed by atoms with E-state index >= 15 is 0 Å². The fourth-order valence-corrected chi connectivity index (χ4v) is 2.85. The molecule has 1 heterocycles. The van der Waals surface area contributed by atoms with E-state index in [4.69, 9.17) is 12.2 Å². The van der Waals surface area contributed by atoms with Crippen LogP contribution in [0.1, 0.15) is 20.3 Å². The summed E-state index contributed by atoms with van der Waals surface area (Å²) < 4.78 is 1.81. The van der Waals surface area contributed by atoms with Crippen LogP contribution in [0.5, 0.6) is 0 Å². The molecule has 0 fully saturated rings. The molecule has 0 amide bonds. The van der Waals surface area contributed by atoms with Crippen LogP contribution in [-0.4, -0.2) is 15.4 Å². The molecule has 1 atom stereocenters. The lowest BCUT2D eigenvalue weighted by molar-refractivity contribution is 0.899. The molecule has 2 nitrogen and oxygen atoms in total. The maximum Gasteiger partial charge on any atom is 0.177 e. The fourth-order valence-electron chi connectivity index (χ4n) is 0.522. The minimum atomic E-state index is 0.629. The number of aromatic nitrogens is 2. The molecule has 1 aromatic rings. The molecule has 0 radical (unpaired) electrons. The van der Waals surface area contributed by atoms with Crippen LogP contribution in [0.3, 0.4) is 0 Å². The van der Waals surface area contributed by atoms with Gasteiger partial charge in [0.15, 0.2) is 8.29 Å². The van der Waals surface area contributed by atoms with Crippen molar-refractivity contribution in [2.45, 2.75) is 29.9 Å². The first-order valence-corrected chi connectivity index (χ1v) is 5.55. The number of H-pyrrole nitrogens is 1. The van der Waals surface area contributed by atoms with E-state index in [0.29, 0.717) is 5.25 Å². The third-order valence-electron chi connectivity index (χ3n) is 1.30. The van der Waals surface area contributed by atoms with Gasteiger partial charge in [0.05, 0.1) is 0 Å². The van der Waals surface area contributed by atoms with E-state index in [1.807, 2.05) is 0 Å². The summed E-state index contributed by atoms with van der Waals surface area (Å²) in [5.41, 5.74) is 0. The maximum absolute atomic E-state index is 4.91. The van der Waals surface area contributed by atoms with Crippen molar-refractivity contribution in [3.05, 3.63) is 3.95 Å². The molecule has 1 N–H and O–H groups in total. The van der Waals surface area contributed by atoms with Crippen molar-refractivity contribution in [3.8, 4) is 0 Å². The second-order valence-electron chi connectivity index (χ2n) is 2.22. The number of nitrogens with zero attached hydrogens (tertiary/aromatic N) is 1. The van der Waals surface area contributed by atoms with Crippen LogP contribution in [-0.2, 0) is 0 Å². The number of hydrogen-bond donors (Lipinski definition) is 1. The second kappa shape index (κ2) is 4.23. The van der Waals surface area contributed by atoms with E-state index in [1.165, 1.54) is 0 Å². The highest BCUT2D eigenvalue weighted by Crippen LogP contribution is 2.26. The van der Waals surface area contributed by atoms with E-state index in [2.05, 4.69) is 24.0 Å². The van der Waals surface area contributed by atoms with Gasteiger partial charge in [0, 0.05) is 5.25 Å². The normalized spacial score (nSPS) is 13.3. The predicted molar refractivity (Wildman–Crippen MR) is 52.9 cm³/mol. The van der Waals surface area contributed by atoms with Gasteiger partial charge in [-0.3, -0.25) is 5.10 Å². The average Bonchev–Trinajstić information content (AvgIpc) is 2.35. The summed E-state index contributed by atoms with van der Waals surface area (Å²) in [5, 5.41) is 7.45. The molecular formula is C6H10N2S3.